The van der Waals surface area contributed by atoms with Crippen molar-refractivity contribution < 1.29 is 0 Å². The van der Waals surface area contributed by atoms with Gasteiger partial charge in [0.15, 0.2) is 11.1 Å². The van der Waals surface area contributed by atoms with Gasteiger partial charge in [-0.25, -0.2) is 0 Å². The number of guanidine groups is 1. The highest BCUT2D eigenvalue weighted by Crippen LogP contribution is 1.72. The topological polar surface area (TPSA) is 86.0 Å². The van der Waals surface area contributed by atoms with Crippen LogP contribution in [0.15, 0.2) is 0 Å². The Morgan fingerprint density at radius 2 is 2.00 bits per heavy atom. The molecule has 0 aromatic carbocycles. The third kappa shape index (κ3) is 7.07. The summed E-state index contributed by atoms with van der Waals surface area (Å²) in [5, 5.41) is 16.0. The maximum atomic E-state index is 6.86. The second-order valence-electron chi connectivity index (χ2n) is 2.20. The lowest BCUT2D eigenvalue weighted by atomic mass is 10.4. The van der Waals surface area contributed by atoms with Crippen LogP contribution in [0.3, 0.4) is 0 Å². The van der Waals surface area contributed by atoms with Gasteiger partial charge in [0, 0.05) is 20.1 Å². The molecule has 0 aliphatic carbocycles. The van der Waals surface area contributed by atoms with Crippen LogP contribution in [0.1, 0.15) is 6.42 Å². The van der Waals surface area contributed by atoms with Crippen molar-refractivity contribution in [3.63, 3.8) is 0 Å². The highest BCUT2D eigenvalue weighted by Gasteiger charge is 1.90. The minimum atomic E-state index is 0.00573. The Hall–Kier alpha value is -1.04. The van der Waals surface area contributed by atoms with Gasteiger partial charge in [-0.05, 0) is 18.6 Å². The van der Waals surface area contributed by atoms with Gasteiger partial charge in [0.05, 0.1) is 0 Å². The maximum absolute atomic E-state index is 6.86. The number of nitrogens with one attached hydrogen (secondary N) is 4. The third-order valence-corrected chi connectivity index (χ3v) is 1.53. The van der Waals surface area contributed by atoms with Crippen molar-refractivity contribution in [2.45, 2.75) is 6.42 Å². The minimum Gasteiger partial charge on any atom is -0.370 e. The van der Waals surface area contributed by atoms with Crippen LogP contribution in [0, 0.1) is 5.41 Å². The summed E-state index contributed by atoms with van der Waals surface area (Å²) >= 11 is 4.85. The molecule has 70 valence electrons. The molecule has 0 unspecified atom stereocenters. The summed E-state index contributed by atoms with van der Waals surface area (Å²) in [5.74, 6) is 0.00573. The van der Waals surface area contributed by atoms with Crippen LogP contribution in [0.5, 0.6) is 0 Å². The number of nitrogens with two attached hydrogens (primary N) is 1. The van der Waals surface area contributed by atoms with E-state index < -0.39 is 0 Å². The van der Waals surface area contributed by atoms with E-state index in [2.05, 4.69) is 16.0 Å². The first kappa shape index (κ1) is 11.0. The Labute approximate surface area is 77.6 Å². The number of hydrogen-bond donors (Lipinski definition) is 5. The van der Waals surface area contributed by atoms with Gasteiger partial charge in [0.2, 0.25) is 0 Å². The smallest absolute Gasteiger partial charge is 0.185 e. The van der Waals surface area contributed by atoms with E-state index in [1.165, 1.54) is 0 Å². The van der Waals surface area contributed by atoms with E-state index in [0.29, 0.717) is 11.7 Å². The van der Waals surface area contributed by atoms with E-state index in [9.17, 15) is 0 Å². The van der Waals surface area contributed by atoms with Crippen LogP contribution in [0.4, 0.5) is 0 Å². The molecular weight excluding hydrogens is 174 g/mol. The van der Waals surface area contributed by atoms with E-state index in [1.54, 1.807) is 7.05 Å². The van der Waals surface area contributed by atoms with Crippen molar-refractivity contribution in [2.75, 3.05) is 20.1 Å². The molecule has 0 heterocycles. The standard InChI is InChI=1S/C6H15N5S/c1-9-6(12)11-4-2-3-10-5(7)8/h2-4H2,1H3,(H4,7,8,10)(H2,9,11,12). The molecule has 0 saturated heterocycles. The predicted octanol–water partition coefficient (Wildman–Crippen LogP) is -1.05. The maximum Gasteiger partial charge on any atom is 0.185 e. The molecule has 12 heavy (non-hydrogen) atoms. The molecule has 0 aromatic heterocycles. The number of hydrogen-bond acceptors (Lipinski definition) is 2. The van der Waals surface area contributed by atoms with Crippen molar-refractivity contribution in [1.29, 1.82) is 5.41 Å². The largest absolute Gasteiger partial charge is 0.370 e. The fourth-order valence-corrected chi connectivity index (χ4v) is 0.704. The van der Waals surface area contributed by atoms with E-state index >= 15 is 0 Å². The molecule has 0 saturated carbocycles. The summed E-state index contributed by atoms with van der Waals surface area (Å²) in [6.45, 7) is 1.47. The Kier molecular flexibility index (Phi) is 6.08. The highest BCUT2D eigenvalue weighted by atomic mass is 32.1. The average Bonchev–Trinajstić information content (AvgIpc) is 2.03. The molecule has 0 aliphatic heterocycles. The lowest BCUT2D eigenvalue weighted by Gasteiger charge is -2.06. The fraction of sp³-hybridized carbons (Fsp3) is 0.667. The highest BCUT2D eigenvalue weighted by molar-refractivity contribution is 7.80. The van der Waals surface area contributed by atoms with E-state index in [4.69, 9.17) is 23.4 Å². The molecule has 0 spiro atoms. The molecule has 0 aromatic rings. The van der Waals surface area contributed by atoms with Crippen molar-refractivity contribution in [1.82, 2.24) is 16.0 Å². The molecule has 5 nitrogen and oxygen atoms in total. The van der Waals surface area contributed by atoms with Crippen molar-refractivity contribution >= 4 is 23.3 Å². The summed E-state index contributed by atoms with van der Waals surface area (Å²) in [4.78, 5) is 0. The van der Waals surface area contributed by atoms with E-state index in [-0.39, 0.29) is 5.96 Å². The van der Waals surface area contributed by atoms with Gasteiger partial charge in [-0.15, -0.1) is 0 Å². The Morgan fingerprint density at radius 1 is 1.42 bits per heavy atom. The predicted molar refractivity (Wildman–Crippen MR) is 54.2 cm³/mol. The summed E-state index contributed by atoms with van der Waals surface area (Å²) in [6, 6.07) is 0. The Balaban J connectivity index is 3.11. The van der Waals surface area contributed by atoms with Gasteiger partial charge in [0.25, 0.3) is 0 Å². The zero-order valence-corrected chi connectivity index (χ0v) is 7.92. The fourth-order valence-electron chi connectivity index (χ4n) is 0.602. The molecular formula is C6H15N5S. The van der Waals surface area contributed by atoms with Crippen LogP contribution in [0.2, 0.25) is 0 Å². The Bertz CT molecular complexity index is 158. The molecule has 6 heteroatoms. The number of rotatable bonds is 4. The zero-order valence-electron chi connectivity index (χ0n) is 7.11. The lowest BCUT2D eigenvalue weighted by molar-refractivity contribution is 0.733. The van der Waals surface area contributed by atoms with Gasteiger partial charge < -0.3 is 21.7 Å². The van der Waals surface area contributed by atoms with Crippen molar-refractivity contribution in [3.05, 3.63) is 0 Å². The summed E-state index contributed by atoms with van der Waals surface area (Å²) in [5.41, 5.74) is 5.07. The van der Waals surface area contributed by atoms with Gasteiger partial charge in [-0.3, -0.25) is 5.41 Å². The first-order chi connectivity index (χ1) is 5.66. The summed E-state index contributed by atoms with van der Waals surface area (Å²) < 4.78 is 0. The van der Waals surface area contributed by atoms with Crippen LogP contribution >= 0.6 is 12.2 Å². The molecule has 0 aliphatic rings. The normalized spacial score (nSPS) is 8.75. The quantitative estimate of drug-likeness (QED) is 0.169. The van der Waals surface area contributed by atoms with Crippen molar-refractivity contribution in [3.8, 4) is 0 Å². The summed E-state index contributed by atoms with van der Waals surface area (Å²) in [6.07, 6.45) is 0.876. The first-order valence-corrected chi connectivity index (χ1v) is 4.11. The Morgan fingerprint density at radius 3 is 2.50 bits per heavy atom. The first-order valence-electron chi connectivity index (χ1n) is 3.70. The summed E-state index contributed by atoms with van der Waals surface area (Å²) in [7, 11) is 1.77. The second kappa shape index (κ2) is 6.66. The third-order valence-electron chi connectivity index (χ3n) is 1.18. The lowest BCUT2D eigenvalue weighted by Crippen LogP contribution is -2.36. The van der Waals surface area contributed by atoms with Crippen LogP contribution in [-0.4, -0.2) is 31.2 Å². The molecule has 0 fully saturated rings. The van der Waals surface area contributed by atoms with E-state index in [0.717, 1.165) is 13.0 Å². The van der Waals surface area contributed by atoms with Crippen LogP contribution < -0.4 is 21.7 Å². The number of thiocarbonyl (C=S) groups is 1. The van der Waals surface area contributed by atoms with Crippen LogP contribution in [0.25, 0.3) is 0 Å². The molecule has 0 rings (SSSR count). The average molecular weight is 189 g/mol. The zero-order chi connectivity index (χ0) is 9.40. The second-order valence-corrected chi connectivity index (χ2v) is 2.61. The van der Waals surface area contributed by atoms with Gasteiger partial charge >= 0.3 is 0 Å². The minimum absolute atomic E-state index is 0.00573. The van der Waals surface area contributed by atoms with Gasteiger partial charge in [-0.1, -0.05) is 0 Å². The van der Waals surface area contributed by atoms with Crippen LogP contribution in [-0.2, 0) is 0 Å². The van der Waals surface area contributed by atoms with Gasteiger partial charge in [-0.2, -0.15) is 0 Å². The molecule has 0 amide bonds. The van der Waals surface area contributed by atoms with E-state index in [1.807, 2.05) is 0 Å². The monoisotopic (exact) mass is 189 g/mol. The molecule has 0 radical (unpaired) electrons. The van der Waals surface area contributed by atoms with Crippen molar-refractivity contribution in [2.24, 2.45) is 5.73 Å². The molecule has 0 atom stereocenters. The molecule has 0 bridgehead atoms. The molecule has 6 N–H and O–H groups in total. The van der Waals surface area contributed by atoms with Gasteiger partial charge in [0.1, 0.15) is 0 Å². The SMILES string of the molecule is CNC(=S)NCCCNC(=N)N.